The van der Waals surface area contributed by atoms with Crippen molar-refractivity contribution < 1.29 is 0 Å². The molecule has 3 rings (SSSR count). The summed E-state index contributed by atoms with van der Waals surface area (Å²) in [5, 5.41) is 22.6. The van der Waals surface area contributed by atoms with Gasteiger partial charge in [0.15, 0.2) is 0 Å². The first-order valence-corrected chi connectivity index (χ1v) is 9.23. The highest BCUT2D eigenvalue weighted by molar-refractivity contribution is 7.80. The number of hydrogen-bond donors (Lipinski definition) is 1. The second-order valence-electron chi connectivity index (χ2n) is 5.30. The topological polar surface area (TPSA) is 71.6 Å². The standard InChI is InChI=1S/C16H19N7S2/c1-4-22(5-2)16-20-19-15(25-16)18-17-14-10-23(21-11(14)3)12-6-8-13(24)9-7-12/h6-10,24H,4-5H2,1-3H3. The minimum atomic E-state index is 0.536. The molecular weight excluding hydrogens is 354 g/mol. The van der Waals surface area contributed by atoms with Gasteiger partial charge in [-0.1, -0.05) is 11.3 Å². The highest BCUT2D eigenvalue weighted by atomic mass is 32.1. The predicted molar refractivity (Wildman–Crippen MR) is 103 cm³/mol. The van der Waals surface area contributed by atoms with E-state index in [0.717, 1.165) is 34.5 Å². The molecule has 0 radical (unpaired) electrons. The lowest BCUT2D eigenvalue weighted by atomic mass is 10.3. The van der Waals surface area contributed by atoms with Crippen molar-refractivity contribution in [3.05, 3.63) is 36.2 Å². The summed E-state index contributed by atoms with van der Waals surface area (Å²) >= 11 is 5.72. The molecule has 25 heavy (non-hydrogen) atoms. The van der Waals surface area contributed by atoms with Crippen molar-refractivity contribution in [3.63, 3.8) is 0 Å². The Kier molecular flexibility index (Phi) is 5.44. The summed E-state index contributed by atoms with van der Waals surface area (Å²) in [6, 6.07) is 7.76. The van der Waals surface area contributed by atoms with Crippen LogP contribution in [0.1, 0.15) is 19.5 Å². The van der Waals surface area contributed by atoms with Crippen molar-refractivity contribution in [1.82, 2.24) is 20.0 Å². The van der Waals surface area contributed by atoms with Gasteiger partial charge in [-0.15, -0.1) is 33.1 Å². The lowest BCUT2D eigenvalue weighted by Crippen LogP contribution is -2.21. The number of azo groups is 1. The molecule has 1 aromatic carbocycles. The van der Waals surface area contributed by atoms with E-state index < -0.39 is 0 Å². The second-order valence-corrected chi connectivity index (χ2v) is 6.75. The first-order valence-electron chi connectivity index (χ1n) is 7.96. The van der Waals surface area contributed by atoms with Gasteiger partial charge in [0.25, 0.3) is 5.13 Å². The molecule has 0 aliphatic carbocycles. The number of benzene rings is 1. The molecule has 0 aliphatic rings. The molecule has 0 spiro atoms. The predicted octanol–water partition coefficient (Wildman–Crippen LogP) is 4.58. The quantitative estimate of drug-likeness (QED) is 0.507. The molecule has 0 atom stereocenters. The van der Waals surface area contributed by atoms with Gasteiger partial charge in [-0.05, 0) is 45.0 Å². The summed E-state index contributed by atoms with van der Waals surface area (Å²) < 4.78 is 1.78. The SMILES string of the molecule is CCN(CC)c1nnc(N=Nc2cn(-c3ccc(S)cc3)nc2C)s1. The van der Waals surface area contributed by atoms with Crippen LogP contribution in [0, 0.1) is 6.92 Å². The number of nitrogens with zero attached hydrogens (tertiary/aromatic N) is 7. The van der Waals surface area contributed by atoms with Crippen LogP contribution < -0.4 is 4.90 Å². The molecule has 0 fully saturated rings. The van der Waals surface area contributed by atoms with E-state index >= 15 is 0 Å². The highest BCUT2D eigenvalue weighted by Crippen LogP contribution is 2.28. The number of aromatic nitrogens is 4. The summed E-state index contributed by atoms with van der Waals surface area (Å²) in [6.07, 6.45) is 1.85. The monoisotopic (exact) mass is 373 g/mol. The smallest absolute Gasteiger partial charge is 0.253 e. The van der Waals surface area contributed by atoms with Crippen molar-refractivity contribution in [2.75, 3.05) is 18.0 Å². The van der Waals surface area contributed by atoms with Gasteiger partial charge in [0.2, 0.25) is 5.13 Å². The summed E-state index contributed by atoms with van der Waals surface area (Å²) in [6.45, 7) is 7.85. The fraction of sp³-hybridized carbons (Fsp3) is 0.312. The zero-order chi connectivity index (χ0) is 17.8. The number of hydrogen-bond acceptors (Lipinski definition) is 8. The van der Waals surface area contributed by atoms with Crippen LogP contribution >= 0.6 is 24.0 Å². The maximum absolute atomic E-state index is 4.48. The van der Waals surface area contributed by atoms with Crippen LogP contribution in [0.15, 0.2) is 45.6 Å². The molecule has 0 saturated carbocycles. The van der Waals surface area contributed by atoms with Gasteiger partial charge < -0.3 is 4.90 Å². The van der Waals surface area contributed by atoms with Crippen LogP contribution in [0.25, 0.3) is 5.69 Å². The second kappa shape index (κ2) is 7.75. The summed E-state index contributed by atoms with van der Waals surface area (Å²) in [5.74, 6) is 0. The van der Waals surface area contributed by atoms with Crippen molar-refractivity contribution in [2.24, 2.45) is 10.2 Å². The normalized spacial score (nSPS) is 11.4. The fourth-order valence-corrected chi connectivity index (χ4v) is 3.20. The average Bonchev–Trinajstić information content (AvgIpc) is 3.22. The van der Waals surface area contributed by atoms with Gasteiger partial charge in [0, 0.05) is 18.0 Å². The number of thiol groups is 1. The Labute approximate surface area is 155 Å². The maximum Gasteiger partial charge on any atom is 0.253 e. The Morgan fingerprint density at radius 3 is 2.52 bits per heavy atom. The molecule has 9 heteroatoms. The first-order chi connectivity index (χ1) is 12.1. The summed E-state index contributed by atoms with van der Waals surface area (Å²) in [5.41, 5.74) is 2.45. The molecule has 0 amide bonds. The average molecular weight is 374 g/mol. The van der Waals surface area contributed by atoms with Gasteiger partial charge >= 0.3 is 0 Å². The van der Waals surface area contributed by atoms with Crippen molar-refractivity contribution in [3.8, 4) is 5.69 Å². The van der Waals surface area contributed by atoms with Crippen LogP contribution in [-0.2, 0) is 0 Å². The Balaban J connectivity index is 1.79. The lowest BCUT2D eigenvalue weighted by Gasteiger charge is -2.15. The molecule has 7 nitrogen and oxygen atoms in total. The molecule has 130 valence electrons. The minimum Gasteiger partial charge on any atom is -0.347 e. The maximum atomic E-state index is 4.48. The number of anilines is 1. The van der Waals surface area contributed by atoms with Gasteiger partial charge in [0.1, 0.15) is 5.69 Å². The van der Waals surface area contributed by atoms with Crippen LogP contribution in [-0.4, -0.2) is 33.1 Å². The Hall–Kier alpha value is -2.26. The molecule has 3 aromatic rings. The zero-order valence-electron chi connectivity index (χ0n) is 14.3. The number of rotatable bonds is 6. The van der Waals surface area contributed by atoms with Crippen molar-refractivity contribution >= 4 is 39.9 Å². The largest absolute Gasteiger partial charge is 0.347 e. The first kappa shape index (κ1) is 17.6. The van der Waals surface area contributed by atoms with Crippen LogP contribution in [0.5, 0.6) is 0 Å². The van der Waals surface area contributed by atoms with E-state index in [2.05, 4.69) is 56.9 Å². The van der Waals surface area contributed by atoms with Crippen LogP contribution in [0.3, 0.4) is 0 Å². The molecule has 0 N–H and O–H groups in total. The molecule has 0 unspecified atom stereocenters. The highest BCUT2D eigenvalue weighted by Gasteiger charge is 2.10. The van der Waals surface area contributed by atoms with Gasteiger partial charge in [-0.25, -0.2) is 4.68 Å². The van der Waals surface area contributed by atoms with E-state index in [-0.39, 0.29) is 0 Å². The van der Waals surface area contributed by atoms with E-state index in [1.807, 2.05) is 37.4 Å². The molecule has 0 aliphatic heterocycles. The summed E-state index contributed by atoms with van der Waals surface area (Å²) in [7, 11) is 0. The Morgan fingerprint density at radius 1 is 1.12 bits per heavy atom. The molecule has 2 aromatic heterocycles. The summed E-state index contributed by atoms with van der Waals surface area (Å²) in [4.78, 5) is 3.04. The number of aryl methyl sites for hydroxylation is 1. The molecule has 2 heterocycles. The Bertz CT molecular complexity index is 863. The van der Waals surface area contributed by atoms with Crippen LogP contribution in [0.2, 0.25) is 0 Å². The fourth-order valence-electron chi connectivity index (χ4n) is 2.25. The van der Waals surface area contributed by atoms with E-state index in [9.17, 15) is 0 Å². The Morgan fingerprint density at radius 2 is 1.84 bits per heavy atom. The molecule has 0 saturated heterocycles. The third kappa shape index (κ3) is 4.05. The molecule has 0 bridgehead atoms. The minimum absolute atomic E-state index is 0.536. The van der Waals surface area contributed by atoms with E-state index in [0.29, 0.717) is 10.8 Å². The van der Waals surface area contributed by atoms with Crippen molar-refractivity contribution in [1.29, 1.82) is 0 Å². The third-order valence-corrected chi connectivity index (χ3v) is 4.83. The van der Waals surface area contributed by atoms with E-state index in [1.165, 1.54) is 11.3 Å². The van der Waals surface area contributed by atoms with Crippen molar-refractivity contribution in [2.45, 2.75) is 25.7 Å². The van der Waals surface area contributed by atoms with Gasteiger partial charge in [-0.3, -0.25) is 0 Å². The lowest BCUT2D eigenvalue weighted by molar-refractivity contribution is 0.845. The van der Waals surface area contributed by atoms with E-state index in [4.69, 9.17) is 0 Å². The van der Waals surface area contributed by atoms with Crippen LogP contribution in [0.4, 0.5) is 16.0 Å². The molecular formula is C16H19N7S2. The van der Waals surface area contributed by atoms with Gasteiger partial charge in [0.05, 0.1) is 17.6 Å². The zero-order valence-corrected chi connectivity index (χ0v) is 16.0. The third-order valence-electron chi connectivity index (χ3n) is 3.67. The van der Waals surface area contributed by atoms with Gasteiger partial charge in [-0.2, -0.15) is 5.10 Å². The van der Waals surface area contributed by atoms with E-state index in [1.54, 1.807) is 4.68 Å².